The maximum atomic E-state index is 13.4. The molecule has 0 aliphatic carbocycles. The fourth-order valence-corrected chi connectivity index (χ4v) is 2.32. The molecular weight excluding hydrogens is 261 g/mol. The molecule has 1 saturated heterocycles. The van der Waals surface area contributed by atoms with Gasteiger partial charge in [-0.05, 0) is 31.4 Å². The van der Waals surface area contributed by atoms with Crippen LogP contribution in [0.5, 0.6) is 0 Å². The molecule has 0 bridgehead atoms. The van der Waals surface area contributed by atoms with E-state index in [9.17, 15) is 14.0 Å². The molecule has 1 atom stereocenters. The third-order valence-corrected chi connectivity index (χ3v) is 3.38. The van der Waals surface area contributed by atoms with Crippen molar-refractivity contribution < 1.29 is 19.1 Å². The smallest absolute Gasteiger partial charge is 0.326 e. The van der Waals surface area contributed by atoms with E-state index in [0.717, 1.165) is 12.8 Å². The quantitative estimate of drug-likeness (QED) is 0.862. The predicted molar refractivity (Wildman–Crippen MR) is 72.4 cm³/mol. The Bertz CT molecular complexity index is 542. The number of piperidine rings is 1. The Morgan fingerprint density at radius 3 is 2.75 bits per heavy atom. The van der Waals surface area contributed by atoms with Crippen molar-refractivity contribution in [3.63, 3.8) is 0 Å². The molecule has 0 saturated carbocycles. The minimum Gasteiger partial charge on any atom is -0.480 e. The topological polar surface area (TPSA) is 57.6 Å². The zero-order valence-corrected chi connectivity index (χ0v) is 11.0. The average Bonchev–Trinajstić information content (AvgIpc) is 2.46. The van der Waals surface area contributed by atoms with Gasteiger partial charge < -0.3 is 10.0 Å². The first-order valence-electron chi connectivity index (χ1n) is 6.55. The molecule has 1 unspecified atom stereocenters. The van der Waals surface area contributed by atoms with E-state index in [1.807, 2.05) is 0 Å². The molecule has 20 heavy (non-hydrogen) atoms. The maximum absolute atomic E-state index is 13.4. The van der Waals surface area contributed by atoms with E-state index >= 15 is 0 Å². The number of amides is 1. The molecule has 1 heterocycles. The first-order valence-corrected chi connectivity index (χ1v) is 6.55. The second-order valence-corrected chi connectivity index (χ2v) is 4.74. The number of benzene rings is 1. The summed E-state index contributed by atoms with van der Waals surface area (Å²) in [7, 11) is 0. The van der Waals surface area contributed by atoms with Crippen molar-refractivity contribution in [1.82, 2.24) is 4.90 Å². The Morgan fingerprint density at radius 2 is 2.05 bits per heavy atom. The lowest BCUT2D eigenvalue weighted by atomic mass is 10.0. The molecule has 0 aromatic heterocycles. The summed E-state index contributed by atoms with van der Waals surface area (Å²) < 4.78 is 13.4. The molecule has 1 fully saturated rings. The lowest BCUT2D eigenvalue weighted by molar-refractivity contribution is -0.150. The van der Waals surface area contributed by atoms with E-state index in [2.05, 4.69) is 0 Å². The zero-order valence-electron chi connectivity index (χ0n) is 11.0. The lowest BCUT2D eigenvalue weighted by Gasteiger charge is -2.32. The fraction of sp³-hybridized carbons (Fsp3) is 0.333. The SMILES string of the molecule is O=C(O)C1CCCCN1C(=O)C=Cc1ccccc1F. The highest BCUT2D eigenvalue weighted by Gasteiger charge is 2.30. The van der Waals surface area contributed by atoms with Crippen LogP contribution in [0.3, 0.4) is 0 Å². The Kier molecular flexibility index (Phi) is 4.50. The molecule has 1 N–H and O–H groups in total. The summed E-state index contributed by atoms with van der Waals surface area (Å²) in [6.45, 7) is 0.428. The molecule has 0 spiro atoms. The van der Waals surface area contributed by atoms with Gasteiger partial charge in [-0.15, -0.1) is 0 Å². The van der Waals surface area contributed by atoms with Crippen LogP contribution in [0.4, 0.5) is 4.39 Å². The van der Waals surface area contributed by atoms with Crippen molar-refractivity contribution in [2.75, 3.05) is 6.54 Å². The molecule has 1 aromatic rings. The van der Waals surface area contributed by atoms with Crippen molar-refractivity contribution in [2.45, 2.75) is 25.3 Å². The predicted octanol–water partition coefficient (Wildman–Crippen LogP) is 2.30. The summed E-state index contributed by atoms with van der Waals surface area (Å²) >= 11 is 0. The van der Waals surface area contributed by atoms with Gasteiger partial charge in [-0.1, -0.05) is 18.2 Å². The number of nitrogens with zero attached hydrogens (tertiary/aromatic N) is 1. The minimum absolute atomic E-state index is 0.310. The van der Waals surface area contributed by atoms with E-state index in [1.165, 1.54) is 23.1 Å². The number of hydrogen-bond donors (Lipinski definition) is 1. The number of aliphatic carboxylic acids is 1. The van der Waals surface area contributed by atoms with Crippen LogP contribution in [0.1, 0.15) is 24.8 Å². The second-order valence-electron chi connectivity index (χ2n) is 4.74. The summed E-state index contributed by atoms with van der Waals surface area (Å²) in [5.74, 6) is -1.79. The average molecular weight is 277 g/mol. The van der Waals surface area contributed by atoms with E-state index in [0.29, 0.717) is 18.5 Å². The van der Waals surface area contributed by atoms with Gasteiger partial charge in [-0.3, -0.25) is 4.79 Å². The van der Waals surface area contributed by atoms with Gasteiger partial charge in [-0.2, -0.15) is 0 Å². The van der Waals surface area contributed by atoms with Gasteiger partial charge in [-0.25, -0.2) is 9.18 Å². The standard InChI is InChI=1S/C15H16FNO3/c16-12-6-2-1-5-11(12)8-9-14(18)17-10-4-3-7-13(17)15(19)20/h1-2,5-6,8-9,13H,3-4,7,10H2,(H,19,20). The Labute approximate surface area is 116 Å². The molecule has 106 valence electrons. The Balaban J connectivity index is 2.10. The molecule has 4 nitrogen and oxygen atoms in total. The van der Waals surface area contributed by atoms with Crippen molar-refractivity contribution in [2.24, 2.45) is 0 Å². The first kappa shape index (κ1) is 14.2. The summed E-state index contributed by atoms with van der Waals surface area (Å²) in [5.41, 5.74) is 0.310. The van der Waals surface area contributed by atoms with Crippen LogP contribution in [-0.4, -0.2) is 34.5 Å². The van der Waals surface area contributed by atoms with E-state index in [-0.39, 0.29) is 5.91 Å². The van der Waals surface area contributed by atoms with Gasteiger partial charge in [0.25, 0.3) is 0 Å². The van der Waals surface area contributed by atoms with Crippen LogP contribution < -0.4 is 0 Å². The lowest BCUT2D eigenvalue weighted by Crippen LogP contribution is -2.47. The van der Waals surface area contributed by atoms with Gasteiger partial charge in [0, 0.05) is 18.2 Å². The van der Waals surface area contributed by atoms with Gasteiger partial charge >= 0.3 is 5.97 Å². The molecule has 2 rings (SSSR count). The Morgan fingerprint density at radius 1 is 1.30 bits per heavy atom. The van der Waals surface area contributed by atoms with Crippen LogP contribution in [0.15, 0.2) is 30.3 Å². The first-order chi connectivity index (χ1) is 9.59. The molecule has 0 radical (unpaired) electrons. The van der Waals surface area contributed by atoms with Crippen LogP contribution >= 0.6 is 0 Å². The van der Waals surface area contributed by atoms with E-state index in [1.54, 1.807) is 18.2 Å². The van der Waals surface area contributed by atoms with Crippen LogP contribution in [-0.2, 0) is 9.59 Å². The number of carbonyl (C=O) groups excluding carboxylic acids is 1. The fourth-order valence-electron chi connectivity index (χ4n) is 2.32. The molecular formula is C15H16FNO3. The normalized spacial score (nSPS) is 19.2. The van der Waals surface area contributed by atoms with Crippen molar-refractivity contribution in [3.05, 3.63) is 41.7 Å². The Hall–Kier alpha value is -2.17. The van der Waals surface area contributed by atoms with E-state index < -0.39 is 17.8 Å². The number of rotatable bonds is 3. The third-order valence-electron chi connectivity index (χ3n) is 3.38. The molecule has 1 aromatic carbocycles. The third kappa shape index (κ3) is 3.23. The van der Waals surface area contributed by atoms with Crippen molar-refractivity contribution >= 4 is 18.0 Å². The van der Waals surface area contributed by atoms with Gasteiger partial charge in [0.15, 0.2) is 0 Å². The number of hydrogen-bond acceptors (Lipinski definition) is 2. The largest absolute Gasteiger partial charge is 0.480 e. The van der Waals surface area contributed by atoms with Gasteiger partial charge in [0.05, 0.1) is 0 Å². The number of halogens is 1. The minimum atomic E-state index is -0.989. The van der Waals surface area contributed by atoms with Crippen LogP contribution in [0, 0.1) is 5.82 Å². The number of likely N-dealkylation sites (tertiary alicyclic amines) is 1. The molecule has 5 heteroatoms. The summed E-state index contributed by atoms with van der Waals surface area (Å²) in [5, 5.41) is 9.11. The highest BCUT2D eigenvalue weighted by atomic mass is 19.1. The maximum Gasteiger partial charge on any atom is 0.326 e. The van der Waals surface area contributed by atoms with Crippen molar-refractivity contribution in [1.29, 1.82) is 0 Å². The molecule has 1 aliphatic heterocycles. The highest BCUT2D eigenvalue weighted by molar-refractivity contribution is 5.94. The van der Waals surface area contributed by atoms with Crippen LogP contribution in [0.2, 0.25) is 0 Å². The van der Waals surface area contributed by atoms with E-state index in [4.69, 9.17) is 5.11 Å². The summed E-state index contributed by atoms with van der Waals surface area (Å²) in [6.07, 6.45) is 4.68. The number of carboxylic acids is 1. The second kappa shape index (κ2) is 6.32. The summed E-state index contributed by atoms with van der Waals surface area (Å²) in [4.78, 5) is 24.5. The highest BCUT2D eigenvalue weighted by Crippen LogP contribution is 2.18. The van der Waals surface area contributed by atoms with Crippen LogP contribution in [0.25, 0.3) is 6.08 Å². The zero-order chi connectivity index (χ0) is 14.5. The van der Waals surface area contributed by atoms with Gasteiger partial charge in [0.2, 0.25) is 5.91 Å². The molecule has 1 amide bonds. The monoisotopic (exact) mass is 277 g/mol. The molecule has 1 aliphatic rings. The number of carboxylic acid groups (broad SMARTS) is 1. The van der Waals surface area contributed by atoms with Crippen molar-refractivity contribution in [3.8, 4) is 0 Å². The number of carbonyl (C=O) groups is 2. The van der Waals surface area contributed by atoms with Gasteiger partial charge in [0.1, 0.15) is 11.9 Å². The summed E-state index contributed by atoms with van der Waals surface area (Å²) in [6, 6.07) is 5.34.